The number of hydrogen-bond acceptors (Lipinski definition) is 2. The highest BCUT2D eigenvalue weighted by Crippen LogP contribution is 2.23. The smallest absolute Gasteiger partial charge is 0.0916 e. The third kappa shape index (κ3) is 1.41. The van der Waals surface area contributed by atoms with Crippen LogP contribution in [0.3, 0.4) is 0 Å². The zero-order valence-electron chi connectivity index (χ0n) is 4.76. The largest absolute Gasteiger partial charge is 0.197 e. The van der Waals surface area contributed by atoms with Gasteiger partial charge in [0.05, 0.1) is 11.3 Å². The van der Waals surface area contributed by atoms with E-state index in [1.807, 2.05) is 0 Å². The average Bonchev–Trinajstić information content (AvgIpc) is 1.90. The van der Waals surface area contributed by atoms with Gasteiger partial charge in [-0.15, -0.1) is 11.8 Å². The molecule has 1 atom stereocenters. The summed E-state index contributed by atoms with van der Waals surface area (Å²) in [6.07, 6.45) is 3.68. The molecule has 0 unspecified atom stereocenters. The maximum atomic E-state index is 8.42. The van der Waals surface area contributed by atoms with Crippen LogP contribution in [-0.2, 0) is 0 Å². The summed E-state index contributed by atoms with van der Waals surface area (Å²) >= 11 is 1.80. The lowest BCUT2D eigenvalue weighted by atomic mass is 10.2. The number of hydrogen-bond donors (Lipinski definition) is 0. The van der Waals surface area contributed by atoms with E-state index in [0.717, 1.165) is 6.42 Å². The number of rotatable bonds is 0. The fourth-order valence-corrected chi connectivity index (χ4v) is 1.91. The summed E-state index contributed by atoms with van der Waals surface area (Å²) in [4.78, 5) is 0. The molecule has 1 rings (SSSR count). The van der Waals surface area contributed by atoms with Crippen molar-refractivity contribution in [3.63, 3.8) is 0 Å². The lowest BCUT2D eigenvalue weighted by Crippen LogP contribution is -2.05. The Labute approximate surface area is 54.1 Å². The Bertz CT molecular complexity index is 99.6. The zero-order valence-corrected chi connectivity index (χ0v) is 5.58. The maximum absolute atomic E-state index is 8.42. The Morgan fingerprint density at radius 1 is 1.50 bits per heavy atom. The minimum Gasteiger partial charge on any atom is -0.197 e. The molecule has 0 spiro atoms. The molecule has 1 fully saturated rings. The van der Waals surface area contributed by atoms with Crippen LogP contribution < -0.4 is 0 Å². The molecule has 0 aromatic heterocycles. The second-order valence-electron chi connectivity index (χ2n) is 1.98. The summed E-state index contributed by atoms with van der Waals surface area (Å²) in [6.45, 7) is 0. The zero-order chi connectivity index (χ0) is 5.82. The monoisotopic (exact) mass is 127 g/mol. The van der Waals surface area contributed by atoms with Crippen molar-refractivity contribution < 1.29 is 0 Å². The van der Waals surface area contributed by atoms with Crippen molar-refractivity contribution in [1.29, 1.82) is 5.26 Å². The van der Waals surface area contributed by atoms with Gasteiger partial charge >= 0.3 is 0 Å². The Morgan fingerprint density at radius 2 is 2.38 bits per heavy atom. The second-order valence-corrected chi connectivity index (χ2v) is 3.29. The van der Waals surface area contributed by atoms with Crippen LogP contribution in [-0.4, -0.2) is 11.0 Å². The van der Waals surface area contributed by atoms with E-state index >= 15 is 0 Å². The van der Waals surface area contributed by atoms with Gasteiger partial charge in [-0.2, -0.15) is 5.26 Å². The average molecular weight is 127 g/mol. The van der Waals surface area contributed by atoms with Crippen LogP contribution in [0, 0.1) is 11.3 Å². The van der Waals surface area contributed by atoms with Crippen molar-refractivity contribution in [2.75, 3.05) is 5.75 Å². The Balaban J connectivity index is 2.25. The summed E-state index contributed by atoms with van der Waals surface area (Å²) in [5.74, 6) is 1.19. The van der Waals surface area contributed by atoms with Gasteiger partial charge in [0.15, 0.2) is 0 Å². The first kappa shape index (κ1) is 5.97. The van der Waals surface area contributed by atoms with Gasteiger partial charge in [-0.25, -0.2) is 0 Å². The fourth-order valence-electron chi connectivity index (χ4n) is 0.843. The van der Waals surface area contributed by atoms with Gasteiger partial charge in [-0.1, -0.05) is 6.42 Å². The van der Waals surface area contributed by atoms with Crippen molar-refractivity contribution in [2.24, 2.45) is 0 Å². The highest BCUT2D eigenvalue weighted by molar-refractivity contribution is 8.00. The molecule has 0 amide bonds. The van der Waals surface area contributed by atoms with Crippen LogP contribution in [0.2, 0.25) is 0 Å². The fraction of sp³-hybridized carbons (Fsp3) is 0.833. The summed E-state index contributed by atoms with van der Waals surface area (Å²) in [6, 6.07) is 2.27. The molecule has 1 aliphatic rings. The van der Waals surface area contributed by atoms with Gasteiger partial charge < -0.3 is 0 Å². The highest BCUT2D eigenvalue weighted by Gasteiger charge is 2.11. The number of nitrogens with zero attached hydrogens (tertiary/aromatic N) is 1. The first-order chi connectivity index (χ1) is 3.93. The molecule has 0 radical (unpaired) electrons. The molecule has 8 heavy (non-hydrogen) atoms. The summed E-state index contributed by atoms with van der Waals surface area (Å²) in [5.41, 5.74) is 0. The first-order valence-corrected chi connectivity index (χ1v) is 3.99. The van der Waals surface area contributed by atoms with Crippen molar-refractivity contribution in [2.45, 2.75) is 24.5 Å². The number of thioether (sulfide) groups is 1. The molecular weight excluding hydrogens is 118 g/mol. The van der Waals surface area contributed by atoms with Gasteiger partial charge in [0.2, 0.25) is 0 Å². The summed E-state index contributed by atoms with van der Waals surface area (Å²) < 4.78 is 0. The lowest BCUT2D eigenvalue weighted by Gasteiger charge is -2.12. The Kier molecular flexibility index (Phi) is 2.23. The van der Waals surface area contributed by atoms with E-state index in [1.165, 1.54) is 18.6 Å². The van der Waals surface area contributed by atoms with E-state index in [9.17, 15) is 0 Å². The Morgan fingerprint density at radius 3 is 2.75 bits per heavy atom. The molecule has 2 heteroatoms. The third-order valence-corrected chi connectivity index (χ3v) is 2.59. The van der Waals surface area contributed by atoms with Crippen LogP contribution in [0.15, 0.2) is 0 Å². The lowest BCUT2D eigenvalue weighted by molar-refractivity contribution is 0.724. The molecule has 44 valence electrons. The molecule has 1 nitrogen and oxygen atoms in total. The van der Waals surface area contributed by atoms with Gasteiger partial charge in [0.1, 0.15) is 0 Å². The van der Waals surface area contributed by atoms with Gasteiger partial charge in [-0.3, -0.25) is 0 Å². The molecule has 0 aromatic rings. The SMILES string of the molecule is N#C[C@H]1CCCCS1. The van der Waals surface area contributed by atoms with Crippen LogP contribution in [0.1, 0.15) is 19.3 Å². The second kappa shape index (κ2) is 2.99. The molecule has 0 aliphatic carbocycles. The van der Waals surface area contributed by atoms with E-state index in [2.05, 4.69) is 6.07 Å². The quantitative estimate of drug-likeness (QED) is 0.495. The van der Waals surface area contributed by atoms with Crippen LogP contribution >= 0.6 is 11.8 Å². The maximum Gasteiger partial charge on any atom is 0.0916 e. The van der Waals surface area contributed by atoms with Crippen molar-refractivity contribution >= 4 is 11.8 Å². The van der Waals surface area contributed by atoms with E-state index < -0.39 is 0 Å². The van der Waals surface area contributed by atoms with E-state index in [-0.39, 0.29) is 0 Å². The minimum absolute atomic E-state index is 0.309. The number of nitriles is 1. The molecule has 1 heterocycles. The molecule has 1 saturated heterocycles. The van der Waals surface area contributed by atoms with E-state index in [4.69, 9.17) is 5.26 Å². The minimum atomic E-state index is 0.309. The van der Waals surface area contributed by atoms with Crippen molar-refractivity contribution in [3.8, 4) is 6.07 Å². The highest BCUT2D eigenvalue weighted by atomic mass is 32.2. The Hall–Kier alpha value is -0.160. The summed E-state index contributed by atoms with van der Waals surface area (Å²) in [7, 11) is 0. The van der Waals surface area contributed by atoms with Crippen LogP contribution in [0.5, 0.6) is 0 Å². The molecular formula is C6H9NS. The topological polar surface area (TPSA) is 23.8 Å². The first-order valence-electron chi connectivity index (χ1n) is 2.94. The normalized spacial score (nSPS) is 29.1. The molecule has 1 aliphatic heterocycles. The predicted octanol–water partition coefficient (Wildman–Crippen LogP) is 1.80. The van der Waals surface area contributed by atoms with Crippen molar-refractivity contribution in [1.82, 2.24) is 0 Å². The summed E-state index contributed by atoms with van der Waals surface area (Å²) in [5, 5.41) is 8.73. The predicted molar refractivity (Wildman–Crippen MR) is 35.7 cm³/mol. The molecule has 0 aromatic carbocycles. The third-order valence-electron chi connectivity index (χ3n) is 1.32. The molecule has 0 bridgehead atoms. The van der Waals surface area contributed by atoms with Gasteiger partial charge in [0.25, 0.3) is 0 Å². The van der Waals surface area contributed by atoms with E-state index in [0.29, 0.717) is 5.25 Å². The van der Waals surface area contributed by atoms with Crippen LogP contribution in [0.25, 0.3) is 0 Å². The van der Waals surface area contributed by atoms with Crippen molar-refractivity contribution in [3.05, 3.63) is 0 Å². The molecule has 0 saturated carbocycles. The van der Waals surface area contributed by atoms with E-state index in [1.54, 1.807) is 11.8 Å². The standard InChI is InChI=1S/C6H9NS/c7-5-6-3-1-2-4-8-6/h6H,1-4H2/t6-/m1/s1. The molecule has 0 N–H and O–H groups in total. The van der Waals surface area contributed by atoms with Gasteiger partial charge in [-0.05, 0) is 18.6 Å². The van der Waals surface area contributed by atoms with Gasteiger partial charge in [0, 0.05) is 0 Å². The van der Waals surface area contributed by atoms with Crippen LogP contribution in [0.4, 0.5) is 0 Å².